The first kappa shape index (κ1) is 10.5. The second kappa shape index (κ2) is 4.64. The van der Waals surface area contributed by atoms with Crippen LogP contribution in [0.4, 0.5) is 0 Å². The highest BCUT2D eigenvalue weighted by Crippen LogP contribution is 2.31. The Hall–Kier alpha value is -1.06. The summed E-state index contributed by atoms with van der Waals surface area (Å²) in [6.07, 6.45) is 0. The van der Waals surface area contributed by atoms with E-state index in [0.29, 0.717) is 11.1 Å². The first-order valence-corrected chi connectivity index (χ1v) is 5.90. The highest BCUT2D eigenvalue weighted by atomic mass is 35.5. The summed E-state index contributed by atoms with van der Waals surface area (Å²) < 4.78 is 6.07. The summed E-state index contributed by atoms with van der Waals surface area (Å²) in [4.78, 5) is 4.23. The number of hydrogen-bond donors (Lipinski definition) is 0. The lowest BCUT2D eigenvalue weighted by atomic mass is 10.1. The van der Waals surface area contributed by atoms with E-state index in [1.807, 2.05) is 36.6 Å². The van der Waals surface area contributed by atoms with Gasteiger partial charge in [-0.2, -0.15) is 0 Å². The SMILES string of the molecule is CCOc1ccccc1-c1csc(Cl)n1. The number of nitrogens with zero attached hydrogens (tertiary/aromatic N) is 1. The number of ether oxygens (including phenoxy) is 1. The number of hydrogen-bond acceptors (Lipinski definition) is 3. The van der Waals surface area contributed by atoms with Gasteiger partial charge >= 0.3 is 0 Å². The van der Waals surface area contributed by atoms with Gasteiger partial charge < -0.3 is 4.74 Å². The van der Waals surface area contributed by atoms with Crippen LogP contribution in [0.2, 0.25) is 4.47 Å². The third-order valence-electron chi connectivity index (χ3n) is 1.94. The van der Waals surface area contributed by atoms with E-state index in [2.05, 4.69) is 4.98 Å². The van der Waals surface area contributed by atoms with Gasteiger partial charge in [0.15, 0.2) is 4.47 Å². The fourth-order valence-electron chi connectivity index (χ4n) is 1.34. The second-order valence-corrected chi connectivity index (χ2v) is 4.36. The van der Waals surface area contributed by atoms with E-state index in [9.17, 15) is 0 Å². The molecule has 2 aromatic rings. The summed E-state index contributed by atoms with van der Waals surface area (Å²) in [5, 5.41) is 1.93. The van der Waals surface area contributed by atoms with Gasteiger partial charge in [0, 0.05) is 10.9 Å². The van der Waals surface area contributed by atoms with Crippen molar-refractivity contribution in [2.45, 2.75) is 6.92 Å². The number of thiazole rings is 1. The monoisotopic (exact) mass is 239 g/mol. The van der Waals surface area contributed by atoms with Gasteiger partial charge in [-0.15, -0.1) is 11.3 Å². The molecule has 0 saturated heterocycles. The first-order valence-electron chi connectivity index (χ1n) is 4.64. The second-order valence-electron chi connectivity index (χ2n) is 2.91. The predicted octanol–water partition coefficient (Wildman–Crippen LogP) is 3.86. The molecule has 2 rings (SSSR count). The van der Waals surface area contributed by atoms with Crippen LogP contribution in [-0.4, -0.2) is 11.6 Å². The van der Waals surface area contributed by atoms with Crippen LogP contribution in [-0.2, 0) is 0 Å². The van der Waals surface area contributed by atoms with Crippen molar-refractivity contribution in [1.82, 2.24) is 4.98 Å². The molecule has 0 amide bonds. The Morgan fingerprint density at radius 3 is 2.87 bits per heavy atom. The molecule has 0 spiro atoms. The van der Waals surface area contributed by atoms with Gasteiger partial charge in [0.25, 0.3) is 0 Å². The Kier molecular flexibility index (Phi) is 3.23. The van der Waals surface area contributed by atoms with E-state index in [1.54, 1.807) is 0 Å². The van der Waals surface area contributed by atoms with Crippen molar-refractivity contribution in [2.75, 3.05) is 6.61 Å². The Bertz CT molecular complexity index is 455. The van der Waals surface area contributed by atoms with E-state index in [1.165, 1.54) is 11.3 Å². The molecule has 0 fully saturated rings. The van der Waals surface area contributed by atoms with Crippen molar-refractivity contribution in [3.05, 3.63) is 34.1 Å². The zero-order chi connectivity index (χ0) is 10.7. The van der Waals surface area contributed by atoms with Crippen LogP contribution >= 0.6 is 22.9 Å². The Labute approximate surface area is 97.5 Å². The standard InChI is InChI=1S/C11H10ClNOS/c1-2-14-10-6-4-3-5-8(10)9-7-15-11(12)13-9/h3-7H,2H2,1H3. The number of para-hydroxylation sites is 1. The van der Waals surface area contributed by atoms with E-state index in [-0.39, 0.29) is 0 Å². The van der Waals surface area contributed by atoms with Gasteiger partial charge in [0.2, 0.25) is 0 Å². The minimum Gasteiger partial charge on any atom is -0.493 e. The summed E-state index contributed by atoms with van der Waals surface area (Å²) in [6, 6.07) is 7.83. The van der Waals surface area contributed by atoms with Gasteiger partial charge in [-0.25, -0.2) is 4.98 Å². The van der Waals surface area contributed by atoms with Gasteiger partial charge in [0.05, 0.1) is 12.3 Å². The molecule has 0 radical (unpaired) electrons. The molecule has 2 nitrogen and oxygen atoms in total. The topological polar surface area (TPSA) is 22.1 Å². The summed E-state index contributed by atoms with van der Waals surface area (Å²) >= 11 is 7.23. The lowest BCUT2D eigenvalue weighted by Gasteiger charge is -2.07. The van der Waals surface area contributed by atoms with Crippen molar-refractivity contribution >= 4 is 22.9 Å². The molecule has 0 bridgehead atoms. The smallest absolute Gasteiger partial charge is 0.184 e. The summed E-state index contributed by atoms with van der Waals surface area (Å²) in [5.41, 5.74) is 1.86. The minimum absolute atomic E-state index is 0.552. The summed E-state index contributed by atoms with van der Waals surface area (Å²) in [7, 11) is 0. The largest absolute Gasteiger partial charge is 0.493 e. The molecule has 0 aliphatic rings. The molecule has 0 aliphatic heterocycles. The van der Waals surface area contributed by atoms with Crippen LogP contribution < -0.4 is 4.74 Å². The maximum Gasteiger partial charge on any atom is 0.184 e. The quantitative estimate of drug-likeness (QED) is 0.812. The van der Waals surface area contributed by atoms with Crippen molar-refractivity contribution in [3.8, 4) is 17.0 Å². The van der Waals surface area contributed by atoms with Crippen molar-refractivity contribution in [1.29, 1.82) is 0 Å². The summed E-state index contributed by atoms with van der Waals surface area (Å²) in [5.74, 6) is 0.849. The van der Waals surface area contributed by atoms with Gasteiger partial charge in [-0.05, 0) is 19.1 Å². The molecule has 1 aromatic carbocycles. The number of rotatable bonds is 3. The third-order valence-corrected chi connectivity index (χ3v) is 2.92. The highest BCUT2D eigenvalue weighted by Gasteiger charge is 2.08. The molecule has 1 aromatic heterocycles. The fourth-order valence-corrected chi connectivity index (χ4v) is 2.10. The molecule has 0 unspecified atom stereocenters. The van der Waals surface area contributed by atoms with Crippen LogP contribution in [0.15, 0.2) is 29.6 Å². The molecule has 78 valence electrons. The van der Waals surface area contributed by atoms with Crippen LogP contribution in [0.1, 0.15) is 6.92 Å². The van der Waals surface area contributed by atoms with Crippen molar-refractivity contribution in [2.24, 2.45) is 0 Å². The zero-order valence-corrected chi connectivity index (χ0v) is 9.81. The Morgan fingerprint density at radius 2 is 2.20 bits per heavy atom. The Morgan fingerprint density at radius 1 is 1.40 bits per heavy atom. The van der Waals surface area contributed by atoms with E-state index in [0.717, 1.165) is 17.0 Å². The van der Waals surface area contributed by atoms with Gasteiger partial charge in [-0.1, -0.05) is 23.7 Å². The van der Waals surface area contributed by atoms with Crippen molar-refractivity contribution < 1.29 is 4.74 Å². The van der Waals surface area contributed by atoms with Crippen LogP contribution in [0.5, 0.6) is 5.75 Å². The average molecular weight is 240 g/mol. The highest BCUT2D eigenvalue weighted by molar-refractivity contribution is 7.14. The zero-order valence-electron chi connectivity index (χ0n) is 8.24. The summed E-state index contributed by atoms with van der Waals surface area (Å²) in [6.45, 7) is 2.61. The van der Waals surface area contributed by atoms with Gasteiger partial charge in [-0.3, -0.25) is 0 Å². The molecular formula is C11H10ClNOS. The van der Waals surface area contributed by atoms with Crippen LogP contribution in [0.25, 0.3) is 11.3 Å². The van der Waals surface area contributed by atoms with E-state index < -0.39 is 0 Å². The van der Waals surface area contributed by atoms with E-state index in [4.69, 9.17) is 16.3 Å². The molecule has 15 heavy (non-hydrogen) atoms. The molecule has 1 heterocycles. The normalized spacial score (nSPS) is 10.3. The molecule has 0 atom stereocenters. The Balaban J connectivity index is 2.42. The van der Waals surface area contributed by atoms with Crippen molar-refractivity contribution in [3.63, 3.8) is 0 Å². The lowest BCUT2D eigenvalue weighted by Crippen LogP contribution is -1.93. The van der Waals surface area contributed by atoms with Crippen LogP contribution in [0.3, 0.4) is 0 Å². The number of aromatic nitrogens is 1. The number of halogens is 1. The first-order chi connectivity index (χ1) is 7.31. The molecule has 0 saturated carbocycles. The lowest BCUT2D eigenvalue weighted by molar-refractivity contribution is 0.341. The van der Waals surface area contributed by atoms with E-state index >= 15 is 0 Å². The maximum atomic E-state index is 5.81. The third kappa shape index (κ3) is 2.30. The molecule has 0 aliphatic carbocycles. The van der Waals surface area contributed by atoms with Crippen LogP contribution in [0, 0.1) is 0 Å². The van der Waals surface area contributed by atoms with Gasteiger partial charge in [0.1, 0.15) is 5.75 Å². The molecule has 4 heteroatoms. The minimum atomic E-state index is 0.552. The average Bonchev–Trinajstić information content (AvgIpc) is 2.66. The molecule has 0 N–H and O–H groups in total. The predicted molar refractivity (Wildman–Crippen MR) is 63.7 cm³/mol. The maximum absolute atomic E-state index is 5.81. The molecular weight excluding hydrogens is 230 g/mol. The number of benzene rings is 1. The fraction of sp³-hybridized carbons (Fsp3) is 0.182.